The molecule has 3 rings (SSSR count). The van der Waals surface area contributed by atoms with Crippen molar-refractivity contribution in [3.8, 4) is 0 Å². The molecular formula is C19H26N2O4S. The van der Waals surface area contributed by atoms with Gasteiger partial charge in [0.05, 0.1) is 17.4 Å². The van der Waals surface area contributed by atoms with Gasteiger partial charge in [0.15, 0.2) is 0 Å². The smallest absolute Gasteiger partial charge is 0.307 e. The molecule has 7 heteroatoms. The summed E-state index contributed by atoms with van der Waals surface area (Å²) >= 11 is 1.43. The number of thiophene rings is 1. The van der Waals surface area contributed by atoms with Crippen LogP contribution in [0.1, 0.15) is 66.2 Å². The molecule has 1 saturated carbocycles. The largest absolute Gasteiger partial charge is 0.481 e. The summed E-state index contributed by atoms with van der Waals surface area (Å²) in [6.07, 6.45) is 6.61. The number of rotatable bonds is 5. The highest BCUT2D eigenvalue weighted by Crippen LogP contribution is 2.41. The van der Waals surface area contributed by atoms with Gasteiger partial charge in [0.2, 0.25) is 5.91 Å². The minimum atomic E-state index is -0.920. The third kappa shape index (κ3) is 3.63. The van der Waals surface area contributed by atoms with Gasteiger partial charge in [-0.15, -0.1) is 11.3 Å². The second kappa shape index (κ2) is 7.78. The normalized spacial score (nSPS) is 25.3. The number of aliphatic carboxylic acids is 1. The maximum absolute atomic E-state index is 12.8. The molecular weight excluding hydrogens is 352 g/mol. The van der Waals surface area contributed by atoms with Gasteiger partial charge in [-0.2, -0.15) is 0 Å². The zero-order chi connectivity index (χ0) is 18.8. The molecule has 3 atom stereocenters. The summed E-state index contributed by atoms with van der Waals surface area (Å²) in [5.41, 5.74) is 7.00. The van der Waals surface area contributed by atoms with E-state index in [1.165, 1.54) is 11.3 Å². The molecule has 4 N–H and O–H groups in total. The van der Waals surface area contributed by atoms with Crippen molar-refractivity contribution in [3.05, 3.63) is 16.0 Å². The van der Waals surface area contributed by atoms with Crippen molar-refractivity contribution < 1.29 is 19.5 Å². The number of carbonyl (C=O) groups excluding carboxylic acids is 2. The molecule has 26 heavy (non-hydrogen) atoms. The van der Waals surface area contributed by atoms with Crippen molar-refractivity contribution in [3.63, 3.8) is 0 Å². The highest BCUT2D eigenvalue weighted by molar-refractivity contribution is 7.17. The summed E-state index contributed by atoms with van der Waals surface area (Å²) in [6, 6.07) is 0. The highest BCUT2D eigenvalue weighted by atomic mass is 32.1. The van der Waals surface area contributed by atoms with Gasteiger partial charge >= 0.3 is 5.97 Å². The maximum atomic E-state index is 12.8. The summed E-state index contributed by atoms with van der Waals surface area (Å²) in [5.74, 6) is -2.35. The number of nitrogens with two attached hydrogens (primary N) is 1. The van der Waals surface area contributed by atoms with Gasteiger partial charge in [0.25, 0.3) is 5.91 Å². The van der Waals surface area contributed by atoms with Gasteiger partial charge in [0.1, 0.15) is 5.00 Å². The molecule has 2 aliphatic carbocycles. The topological polar surface area (TPSA) is 109 Å². The van der Waals surface area contributed by atoms with Crippen molar-refractivity contribution in [1.29, 1.82) is 0 Å². The van der Waals surface area contributed by atoms with Crippen LogP contribution in [0.2, 0.25) is 0 Å². The summed E-state index contributed by atoms with van der Waals surface area (Å²) in [4.78, 5) is 37.4. The van der Waals surface area contributed by atoms with Gasteiger partial charge in [-0.1, -0.05) is 26.2 Å². The molecule has 1 aromatic heterocycles. The van der Waals surface area contributed by atoms with Crippen molar-refractivity contribution in [2.45, 2.75) is 58.3 Å². The van der Waals surface area contributed by atoms with Crippen LogP contribution >= 0.6 is 11.3 Å². The minimum absolute atomic E-state index is 0.301. The lowest BCUT2D eigenvalue weighted by molar-refractivity contribution is -0.147. The van der Waals surface area contributed by atoms with Crippen molar-refractivity contribution in [2.24, 2.45) is 23.5 Å². The van der Waals surface area contributed by atoms with E-state index in [1.807, 2.05) is 0 Å². The van der Waals surface area contributed by atoms with E-state index < -0.39 is 23.7 Å². The SMILES string of the molecule is CC[C@@H]1CCc2c(sc(NC(=O)[C@@H]3CCCC[C@@H]3C(=O)O)c2C(N)=O)C1. The van der Waals surface area contributed by atoms with E-state index in [-0.39, 0.29) is 5.91 Å². The predicted molar refractivity (Wildman–Crippen MR) is 100 cm³/mol. The Balaban J connectivity index is 1.85. The van der Waals surface area contributed by atoms with Crippen LogP contribution in [-0.2, 0) is 22.4 Å². The second-order valence-electron chi connectivity index (χ2n) is 7.41. The number of amides is 2. The third-order valence-electron chi connectivity index (χ3n) is 5.85. The van der Waals surface area contributed by atoms with Crippen molar-refractivity contribution >= 4 is 34.1 Å². The molecule has 0 spiro atoms. The quantitative estimate of drug-likeness (QED) is 0.731. The maximum Gasteiger partial charge on any atom is 0.307 e. The molecule has 142 valence electrons. The number of primary amides is 1. The third-order valence-corrected chi connectivity index (χ3v) is 7.02. The molecule has 0 saturated heterocycles. The lowest BCUT2D eigenvalue weighted by atomic mass is 9.78. The van der Waals surface area contributed by atoms with Gasteiger partial charge < -0.3 is 16.2 Å². The van der Waals surface area contributed by atoms with E-state index in [4.69, 9.17) is 5.73 Å². The summed E-state index contributed by atoms with van der Waals surface area (Å²) < 4.78 is 0. The fourth-order valence-electron chi connectivity index (χ4n) is 4.30. The summed E-state index contributed by atoms with van der Waals surface area (Å²) in [7, 11) is 0. The second-order valence-corrected chi connectivity index (χ2v) is 8.52. The van der Waals surface area contributed by atoms with Crippen molar-refractivity contribution in [1.82, 2.24) is 0 Å². The molecule has 1 fully saturated rings. The Morgan fingerprint density at radius 1 is 1.19 bits per heavy atom. The van der Waals surface area contributed by atoms with Crippen LogP contribution in [0.4, 0.5) is 5.00 Å². The molecule has 0 unspecified atom stereocenters. The lowest BCUT2D eigenvalue weighted by Crippen LogP contribution is -2.36. The Morgan fingerprint density at radius 3 is 2.50 bits per heavy atom. The molecule has 2 aliphatic rings. The first-order valence-corrected chi connectivity index (χ1v) is 10.2. The van der Waals surface area contributed by atoms with Gasteiger partial charge in [-0.05, 0) is 43.6 Å². The van der Waals surface area contributed by atoms with E-state index in [0.717, 1.165) is 49.0 Å². The first-order chi connectivity index (χ1) is 12.4. The summed E-state index contributed by atoms with van der Waals surface area (Å²) in [5, 5.41) is 12.8. The van der Waals surface area contributed by atoms with Gasteiger partial charge in [-0.3, -0.25) is 14.4 Å². The Hall–Kier alpha value is -1.89. The van der Waals surface area contributed by atoms with E-state index in [9.17, 15) is 19.5 Å². The van der Waals surface area contributed by atoms with Crippen LogP contribution in [0.3, 0.4) is 0 Å². The fourth-order valence-corrected chi connectivity index (χ4v) is 5.67. The Morgan fingerprint density at radius 2 is 1.88 bits per heavy atom. The number of carboxylic acid groups (broad SMARTS) is 1. The van der Waals surface area contributed by atoms with Crippen LogP contribution in [0.15, 0.2) is 0 Å². The van der Waals surface area contributed by atoms with Crippen LogP contribution in [0.25, 0.3) is 0 Å². The number of fused-ring (bicyclic) bond motifs is 1. The Labute approximate surface area is 157 Å². The first kappa shape index (κ1) is 18.9. The molecule has 1 aromatic rings. The van der Waals surface area contributed by atoms with Gasteiger partial charge in [0, 0.05) is 4.88 Å². The molecule has 6 nitrogen and oxygen atoms in total. The Kier molecular flexibility index (Phi) is 5.65. The molecule has 0 aliphatic heterocycles. The standard InChI is InChI=1S/C19H26N2O4S/c1-2-10-7-8-13-14(9-10)26-18(15(13)16(20)22)21-17(23)11-5-3-4-6-12(11)19(24)25/h10-12H,2-9H2,1H3,(H2,20,22)(H,21,23)(H,24,25)/t10-,11-,12+/m1/s1. The number of anilines is 1. The number of carbonyl (C=O) groups is 3. The zero-order valence-corrected chi connectivity index (χ0v) is 15.9. The molecule has 0 radical (unpaired) electrons. The average molecular weight is 378 g/mol. The van der Waals surface area contributed by atoms with Crippen molar-refractivity contribution in [2.75, 3.05) is 5.32 Å². The number of hydrogen-bond acceptors (Lipinski definition) is 4. The number of hydrogen-bond donors (Lipinski definition) is 3. The zero-order valence-electron chi connectivity index (χ0n) is 15.0. The number of nitrogens with one attached hydrogen (secondary N) is 1. The molecule has 0 bridgehead atoms. The van der Waals surface area contributed by atoms with Crippen LogP contribution in [0, 0.1) is 17.8 Å². The lowest BCUT2D eigenvalue weighted by Gasteiger charge is -2.27. The predicted octanol–water partition coefficient (Wildman–Crippen LogP) is 3.19. The van der Waals surface area contributed by atoms with Crippen LogP contribution in [-0.4, -0.2) is 22.9 Å². The van der Waals surface area contributed by atoms with Crippen LogP contribution in [0.5, 0.6) is 0 Å². The first-order valence-electron chi connectivity index (χ1n) is 9.40. The van der Waals surface area contributed by atoms with E-state index in [0.29, 0.717) is 29.3 Å². The molecule has 0 aromatic carbocycles. The van der Waals surface area contributed by atoms with Crippen LogP contribution < -0.4 is 11.1 Å². The number of carboxylic acids is 1. The average Bonchev–Trinajstić information content (AvgIpc) is 2.98. The Bertz CT molecular complexity index is 727. The molecule has 1 heterocycles. The molecule has 2 amide bonds. The monoisotopic (exact) mass is 378 g/mol. The fraction of sp³-hybridized carbons (Fsp3) is 0.632. The van der Waals surface area contributed by atoms with E-state index >= 15 is 0 Å². The highest BCUT2D eigenvalue weighted by Gasteiger charge is 2.37. The van der Waals surface area contributed by atoms with E-state index in [1.54, 1.807) is 0 Å². The van der Waals surface area contributed by atoms with E-state index in [2.05, 4.69) is 12.2 Å². The van der Waals surface area contributed by atoms with Gasteiger partial charge in [-0.25, -0.2) is 0 Å². The minimum Gasteiger partial charge on any atom is -0.481 e. The summed E-state index contributed by atoms with van der Waals surface area (Å²) in [6.45, 7) is 2.16.